The highest BCUT2D eigenvalue weighted by Crippen LogP contribution is 2.45. The molecule has 7 heteroatoms. The van der Waals surface area contributed by atoms with Gasteiger partial charge in [0.25, 0.3) is 0 Å². The van der Waals surface area contributed by atoms with Gasteiger partial charge in [-0.2, -0.15) is 0 Å². The molecule has 172 valence electrons. The number of pyridine rings is 1. The Kier molecular flexibility index (Phi) is 5.88. The molecular formula is C27H24ClFN4S. The topological polar surface area (TPSA) is 33.1 Å². The standard InChI is InChI=1S/C27H24ClFN4S/c1-16-17(2)32(22-8-6-7-19(28)15-22)18(3)24(16)26-25(23-9-4-5-14-30-23)31-27(34)33(26)21-12-10-20(29)11-13-21/h4-15,25-26H,1-3H3,(H,31,34)/t25-,26-/m0/s1. The first-order chi connectivity index (χ1) is 16.4. The lowest BCUT2D eigenvalue weighted by Gasteiger charge is -2.29. The minimum absolute atomic E-state index is 0.174. The molecule has 0 saturated carbocycles. The second kappa shape index (κ2) is 8.85. The summed E-state index contributed by atoms with van der Waals surface area (Å²) in [7, 11) is 0. The Balaban J connectivity index is 1.73. The molecule has 3 heterocycles. The van der Waals surface area contributed by atoms with E-state index in [-0.39, 0.29) is 17.9 Å². The first-order valence-corrected chi connectivity index (χ1v) is 11.9. The fourth-order valence-corrected chi connectivity index (χ4v) is 5.50. The van der Waals surface area contributed by atoms with Crippen LogP contribution >= 0.6 is 23.8 Å². The van der Waals surface area contributed by atoms with Gasteiger partial charge in [-0.25, -0.2) is 4.39 Å². The van der Waals surface area contributed by atoms with E-state index in [9.17, 15) is 4.39 Å². The maximum absolute atomic E-state index is 13.7. The lowest BCUT2D eigenvalue weighted by Crippen LogP contribution is -2.29. The molecule has 2 aromatic carbocycles. The molecule has 0 radical (unpaired) electrons. The average Bonchev–Trinajstić information content (AvgIpc) is 3.27. The Hall–Kier alpha value is -3.22. The summed E-state index contributed by atoms with van der Waals surface area (Å²) in [5.74, 6) is -0.282. The molecule has 1 aliphatic rings. The van der Waals surface area contributed by atoms with Gasteiger partial charge < -0.3 is 14.8 Å². The SMILES string of the molecule is Cc1c([C@H]2[C@H](c3ccccn3)NC(=S)N2c2ccc(F)cc2)c(C)n(-c2cccc(Cl)c2)c1C. The van der Waals surface area contributed by atoms with E-state index < -0.39 is 0 Å². The minimum atomic E-state index is -0.282. The normalized spacial score (nSPS) is 17.8. The summed E-state index contributed by atoms with van der Waals surface area (Å²) in [4.78, 5) is 6.71. The van der Waals surface area contributed by atoms with Gasteiger partial charge in [-0.15, -0.1) is 0 Å². The lowest BCUT2D eigenvalue weighted by atomic mass is 9.93. The van der Waals surface area contributed by atoms with Crippen molar-refractivity contribution < 1.29 is 4.39 Å². The molecule has 0 bridgehead atoms. The quantitative estimate of drug-likeness (QED) is 0.320. The van der Waals surface area contributed by atoms with Gasteiger partial charge in [-0.3, -0.25) is 4.98 Å². The third-order valence-electron chi connectivity index (χ3n) is 6.57. The van der Waals surface area contributed by atoms with Gasteiger partial charge >= 0.3 is 0 Å². The number of aromatic nitrogens is 2. The van der Waals surface area contributed by atoms with Crippen LogP contribution in [0.4, 0.5) is 10.1 Å². The van der Waals surface area contributed by atoms with E-state index >= 15 is 0 Å². The molecule has 1 fully saturated rings. The van der Waals surface area contributed by atoms with Gasteiger partial charge in [0.15, 0.2) is 5.11 Å². The number of halogens is 2. The molecule has 1 N–H and O–H groups in total. The Labute approximate surface area is 209 Å². The van der Waals surface area contributed by atoms with Crippen LogP contribution in [0.1, 0.15) is 40.3 Å². The van der Waals surface area contributed by atoms with Gasteiger partial charge in [0.1, 0.15) is 5.82 Å². The van der Waals surface area contributed by atoms with Gasteiger partial charge in [-0.1, -0.05) is 23.7 Å². The van der Waals surface area contributed by atoms with E-state index in [1.807, 2.05) is 36.4 Å². The fourth-order valence-electron chi connectivity index (χ4n) is 4.97. The van der Waals surface area contributed by atoms with Crippen LogP contribution in [0.5, 0.6) is 0 Å². The third kappa shape index (κ3) is 3.77. The Morgan fingerprint density at radius 3 is 2.38 bits per heavy atom. The largest absolute Gasteiger partial charge is 0.351 e. The van der Waals surface area contributed by atoms with Crippen LogP contribution in [-0.2, 0) is 0 Å². The van der Waals surface area contributed by atoms with Crippen molar-refractivity contribution in [2.75, 3.05) is 4.90 Å². The predicted molar refractivity (Wildman–Crippen MR) is 139 cm³/mol. The summed E-state index contributed by atoms with van der Waals surface area (Å²) in [5, 5.41) is 4.75. The Morgan fingerprint density at radius 1 is 0.941 bits per heavy atom. The fraction of sp³-hybridized carbons (Fsp3) is 0.185. The number of hydrogen-bond donors (Lipinski definition) is 1. The summed E-state index contributed by atoms with van der Waals surface area (Å²) in [6, 6.07) is 19.9. The lowest BCUT2D eigenvalue weighted by molar-refractivity contribution is 0.563. The van der Waals surface area contributed by atoms with Crippen LogP contribution in [0, 0.1) is 26.6 Å². The van der Waals surface area contributed by atoms with Crippen molar-refractivity contribution in [3.63, 3.8) is 0 Å². The zero-order valence-corrected chi connectivity index (χ0v) is 20.7. The summed E-state index contributed by atoms with van der Waals surface area (Å²) >= 11 is 12.1. The van der Waals surface area contributed by atoms with E-state index in [1.54, 1.807) is 18.3 Å². The van der Waals surface area contributed by atoms with Gasteiger partial charge in [0.2, 0.25) is 0 Å². The maximum atomic E-state index is 13.7. The monoisotopic (exact) mass is 490 g/mol. The van der Waals surface area contributed by atoms with Gasteiger partial charge in [0.05, 0.1) is 17.8 Å². The maximum Gasteiger partial charge on any atom is 0.174 e. The summed E-state index contributed by atoms with van der Waals surface area (Å²) in [5.41, 5.74) is 7.29. The van der Waals surface area contributed by atoms with E-state index in [2.05, 4.69) is 46.6 Å². The van der Waals surface area contributed by atoms with Crippen molar-refractivity contribution in [2.24, 2.45) is 0 Å². The second-order valence-corrected chi connectivity index (χ2v) is 9.32. The highest BCUT2D eigenvalue weighted by Gasteiger charge is 2.43. The number of nitrogens with one attached hydrogen (secondary N) is 1. The molecule has 2 atom stereocenters. The zero-order chi connectivity index (χ0) is 24.0. The molecule has 4 nitrogen and oxygen atoms in total. The third-order valence-corrected chi connectivity index (χ3v) is 7.12. The molecule has 5 rings (SSSR count). The first-order valence-electron chi connectivity index (χ1n) is 11.1. The van der Waals surface area contributed by atoms with Crippen LogP contribution in [0.3, 0.4) is 0 Å². The minimum Gasteiger partial charge on any atom is -0.351 e. The average molecular weight is 491 g/mol. The molecule has 0 amide bonds. The van der Waals surface area contributed by atoms with E-state index in [4.69, 9.17) is 23.8 Å². The number of hydrogen-bond acceptors (Lipinski definition) is 2. The Morgan fingerprint density at radius 2 is 1.71 bits per heavy atom. The molecule has 34 heavy (non-hydrogen) atoms. The van der Waals surface area contributed by atoms with Gasteiger partial charge in [0, 0.05) is 39.5 Å². The molecule has 1 saturated heterocycles. The van der Waals surface area contributed by atoms with Crippen molar-refractivity contribution in [3.8, 4) is 5.69 Å². The van der Waals surface area contributed by atoms with Crippen molar-refractivity contribution in [3.05, 3.63) is 112 Å². The van der Waals surface area contributed by atoms with E-state index in [0.29, 0.717) is 10.1 Å². The molecule has 1 aliphatic heterocycles. The molecule has 0 unspecified atom stereocenters. The molecular weight excluding hydrogens is 467 g/mol. The Bertz CT molecular complexity index is 1370. The number of benzene rings is 2. The molecule has 2 aromatic heterocycles. The van der Waals surface area contributed by atoms with Crippen LogP contribution < -0.4 is 10.2 Å². The van der Waals surface area contributed by atoms with E-state index in [0.717, 1.165) is 34.0 Å². The van der Waals surface area contributed by atoms with Crippen molar-refractivity contribution >= 4 is 34.6 Å². The van der Waals surface area contributed by atoms with Gasteiger partial charge in [-0.05, 0) is 93.1 Å². The van der Waals surface area contributed by atoms with E-state index in [1.165, 1.54) is 17.7 Å². The highest BCUT2D eigenvalue weighted by atomic mass is 35.5. The zero-order valence-electron chi connectivity index (χ0n) is 19.1. The van der Waals surface area contributed by atoms with Crippen LogP contribution in [0.25, 0.3) is 5.69 Å². The summed E-state index contributed by atoms with van der Waals surface area (Å²) in [6.07, 6.45) is 1.79. The molecule has 0 spiro atoms. The summed E-state index contributed by atoms with van der Waals surface area (Å²) in [6.45, 7) is 6.37. The predicted octanol–water partition coefficient (Wildman–Crippen LogP) is 6.77. The van der Waals surface area contributed by atoms with Crippen LogP contribution in [0.2, 0.25) is 5.02 Å². The molecule has 0 aliphatic carbocycles. The van der Waals surface area contributed by atoms with Crippen LogP contribution in [-0.4, -0.2) is 14.7 Å². The number of anilines is 1. The van der Waals surface area contributed by atoms with Crippen molar-refractivity contribution in [2.45, 2.75) is 32.9 Å². The van der Waals surface area contributed by atoms with Crippen LogP contribution in [0.15, 0.2) is 72.9 Å². The first kappa shape index (κ1) is 22.6. The molecule has 4 aromatic rings. The smallest absolute Gasteiger partial charge is 0.174 e. The highest BCUT2D eigenvalue weighted by molar-refractivity contribution is 7.80. The van der Waals surface area contributed by atoms with Crippen molar-refractivity contribution in [1.82, 2.24) is 14.9 Å². The summed E-state index contributed by atoms with van der Waals surface area (Å²) < 4.78 is 16.0. The number of nitrogens with zero attached hydrogens (tertiary/aromatic N) is 3. The number of thiocarbonyl (C=S) groups is 1. The van der Waals surface area contributed by atoms with Crippen molar-refractivity contribution in [1.29, 1.82) is 0 Å². The number of rotatable bonds is 4. The second-order valence-electron chi connectivity index (χ2n) is 8.50.